The Morgan fingerprint density at radius 3 is 2.72 bits per heavy atom. The fraction of sp³-hybridized carbons (Fsp3) is 0.200. The molecule has 9 heteroatoms. The first kappa shape index (κ1) is 18.6. The predicted molar refractivity (Wildman–Crippen MR) is 104 cm³/mol. The minimum atomic E-state index is -0.633. The molecule has 0 atom stereocenters. The highest BCUT2D eigenvalue weighted by Gasteiger charge is 2.21. The largest absolute Gasteiger partial charge is 0.504 e. The van der Waals surface area contributed by atoms with Crippen molar-refractivity contribution in [2.45, 2.75) is 13.0 Å². The fourth-order valence-corrected chi connectivity index (χ4v) is 3.18. The van der Waals surface area contributed by atoms with Crippen molar-refractivity contribution in [2.24, 2.45) is 0 Å². The molecule has 0 unspecified atom stereocenters. The van der Waals surface area contributed by atoms with Crippen LogP contribution in [0, 0.1) is 5.82 Å². The number of hydrogen-bond donors (Lipinski definition) is 4. The molecule has 2 aromatic heterocycles. The zero-order valence-corrected chi connectivity index (χ0v) is 15.3. The van der Waals surface area contributed by atoms with Gasteiger partial charge in [0.25, 0.3) is 11.8 Å². The number of pyridine rings is 2. The van der Waals surface area contributed by atoms with Gasteiger partial charge in [-0.3, -0.25) is 14.6 Å². The maximum absolute atomic E-state index is 13.6. The third-order valence-corrected chi connectivity index (χ3v) is 4.64. The first-order chi connectivity index (χ1) is 14.0. The molecule has 1 aromatic carbocycles. The molecule has 0 saturated heterocycles. The van der Waals surface area contributed by atoms with E-state index in [2.05, 4.69) is 25.9 Å². The van der Waals surface area contributed by atoms with E-state index in [0.29, 0.717) is 36.3 Å². The summed E-state index contributed by atoms with van der Waals surface area (Å²) >= 11 is 0. The summed E-state index contributed by atoms with van der Waals surface area (Å²) in [7, 11) is 0. The molecule has 4 N–H and O–H groups in total. The molecule has 2 bridgehead atoms. The Bertz CT molecular complexity index is 1120. The van der Waals surface area contributed by atoms with Gasteiger partial charge in [-0.15, -0.1) is 0 Å². The molecule has 0 saturated carbocycles. The number of amides is 2. The van der Waals surface area contributed by atoms with Gasteiger partial charge in [-0.1, -0.05) is 6.07 Å². The molecule has 2 amide bonds. The Kier molecular flexibility index (Phi) is 4.94. The topological polar surface area (TPSA) is 116 Å². The van der Waals surface area contributed by atoms with Crippen molar-refractivity contribution < 1.29 is 19.1 Å². The molecule has 1 aliphatic rings. The van der Waals surface area contributed by atoms with Crippen LogP contribution >= 0.6 is 0 Å². The summed E-state index contributed by atoms with van der Waals surface area (Å²) in [6.45, 7) is 0.792. The van der Waals surface area contributed by atoms with Gasteiger partial charge < -0.3 is 21.1 Å². The van der Waals surface area contributed by atoms with Gasteiger partial charge in [0, 0.05) is 36.8 Å². The molecular weight excluding hydrogens is 377 g/mol. The quantitative estimate of drug-likeness (QED) is 0.462. The van der Waals surface area contributed by atoms with E-state index in [0.717, 1.165) is 6.07 Å². The van der Waals surface area contributed by atoms with Crippen molar-refractivity contribution in [3.05, 3.63) is 59.2 Å². The van der Waals surface area contributed by atoms with Crippen LogP contribution < -0.4 is 16.0 Å². The van der Waals surface area contributed by atoms with Crippen molar-refractivity contribution in [2.75, 3.05) is 18.4 Å². The molecule has 8 nitrogen and oxygen atoms in total. The van der Waals surface area contributed by atoms with Gasteiger partial charge in [0.1, 0.15) is 17.2 Å². The molecule has 0 aliphatic carbocycles. The van der Waals surface area contributed by atoms with Crippen molar-refractivity contribution >= 4 is 28.5 Å². The van der Waals surface area contributed by atoms with Gasteiger partial charge in [0.05, 0.1) is 0 Å². The summed E-state index contributed by atoms with van der Waals surface area (Å²) in [5.41, 5.74) is 0.682. The third kappa shape index (κ3) is 3.66. The smallest absolute Gasteiger partial charge is 0.274 e. The minimum absolute atomic E-state index is 0.0357. The molecule has 3 aromatic rings. The van der Waals surface area contributed by atoms with Crippen LogP contribution in [0.15, 0.2) is 36.5 Å². The molecule has 29 heavy (non-hydrogen) atoms. The van der Waals surface area contributed by atoms with E-state index in [1.807, 2.05) is 0 Å². The van der Waals surface area contributed by atoms with E-state index in [-0.39, 0.29) is 29.1 Å². The highest BCUT2D eigenvalue weighted by atomic mass is 19.1. The maximum Gasteiger partial charge on any atom is 0.274 e. The van der Waals surface area contributed by atoms with Crippen LogP contribution in [-0.2, 0) is 6.54 Å². The molecule has 0 radical (unpaired) electrons. The number of aromatic nitrogens is 2. The molecule has 1 aliphatic heterocycles. The summed E-state index contributed by atoms with van der Waals surface area (Å²) in [4.78, 5) is 33.6. The molecule has 148 valence electrons. The number of carbonyl (C=O) groups excluding carboxylic acids is 2. The second kappa shape index (κ2) is 7.70. The third-order valence-electron chi connectivity index (χ3n) is 4.64. The number of halogens is 1. The lowest BCUT2D eigenvalue weighted by Crippen LogP contribution is -2.30. The minimum Gasteiger partial charge on any atom is -0.504 e. The van der Waals surface area contributed by atoms with Crippen LogP contribution in [0.2, 0.25) is 0 Å². The first-order valence-corrected chi connectivity index (χ1v) is 9.11. The maximum atomic E-state index is 13.6. The Morgan fingerprint density at radius 2 is 1.86 bits per heavy atom. The SMILES string of the molecule is O=C1NCCCNc2nc(c(O)c3ncccc23)C(=O)NCc2ccc(F)cc21. The number of benzene rings is 1. The average molecular weight is 395 g/mol. The monoisotopic (exact) mass is 395 g/mol. The number of aromatic hydroxyl groups is 1. The van der Waals surface area contributed by atoms with Crippen molar-refractivity contribution in [3.63, 3.8) is 0 Å². The Labute approximate surface area is 165 Å². The number of rotatable bonds is 0. The second-order valence-electron chi connectivity index (χ2n) is 6.58. The number of nitrogens with zero attached hydrogens (tertiary/aromatic N) is 2. The zero-order valence-electron chi connectivity index (χ0n) is 15.3. The van der Waals surface area contributed by atoms with Gasteiger partial charge >= 0.3 is 0 Å². The predicted octanol–water partition coefficient (Wildman–Crippen LogP) is 1.95. The van der Waals surface area contributed by atoms with E-state index < -0.39 is 17.6 Å². The number of anilines is 1. The van der Waals surface area contributed by atoms with Gasteiger partial charge in [-0.2, -0.15) is 0 Å². The van der Waals surface area contributed by atoms with Gasteiger partial charge in [0.2, 0.25) is 0 Å². The summed E-state index contributed by atoms with van der Waals surface area (Å²) in [6, 6.07) is 7.25. The summed E-state index contributed by atoms with van der Waals surface area (Å²) in [5.74, 6) is -1.50. The van der Waals surface area contributed by atoms with E-state index in [9.17, 15) is 19.1 Å². The van der Waals surface area contributed by atoms with Crippen molar-refractivity contribution in [3.8, 4) is 5.75 Å². The van der Waals surface area contributed by atoms with Crippen LogP contribution in [0.3, 0.4) is 0 Å². The fourth-order valence-electron chi connectivity index (χ4n) is 3.18. The average Bonchev–Trinajstić information content (AvgIpc) is 2.73. The van der Waals surface area contributed by atoms with Crippen LogP contribution in [0.25, 0.3) is 10.9 Å². The molecule has 0 spiro atoms. The second-order valence-corrected chi connectivity index (χ2v) is 6.58. The van der Waals surface area contributed by atoms with E-state index in [1.165, 1.54) is 18.3 Å². The summed E-state index contributed by atoms with van der Waals surface area (Å²) in [6.07, 6.45) is 2.09. The number of nitrogens with one attached hydrogen (secondary N) is 3. The lowest BCUT2D eigenvalue weighted by molar-refractivity contribution is 0.0930. The zero-order chi connectivity index (χ0) is 20.4. The van der Waals surface area contributed by atoms with E-state index in [1.54, 1.807) is 12.1 Å². The van der Waals surface area contributed by atoms with E-state index in [4.69, 9.17) is 0 Å². The Balaban J connectivity index is 1.76. The first-order valence-electron chi connectivity index (χ1n) is 9.11. The summed E-state index contributed by atoms with van der Waals surface area (Å²) < 4.78 is 13.6. The highest BCUT2D eigenvalue weighted by molar-refractivity contribution is 6.04. The van der Waals surface area contributed by atoms with Crippen LogP contribution in [0.1, 0.15) is 32.8 Å². The number of fused-ring (bicyclic) bond motifs is 5. The molecule has 4 rings (SSSR count). The standard InChI is InChI=1S/C20H18FN5O3/c21-12-5-4-11-10-25-20(29)16-17(27)15-13(3-1-6-22-15)18(26-16)23-7-2-8-24-19(28)14(11)9-12/h1,3-6,9,27H,2,7-8,10H2,(H,23,26)(H,24,28)(H,25,29). The molecule has 0 fully saturated rings. The summed E-state index contributed by atoms with van der Waals surface area (Å²) in [5, 5.41) is 19.6. The molecular formula is C20H18FN5O3. The van der Waals surface area contributed by atoms with Gasteiger partial charge in [-0.05, 0) is 36.2 Å². The van der Waals surface area contributed by atoms with E-state index >= 15 is 0 Å². The number of carbonyl (C=O) groups is 2. The van der Waals surface area contributed by atoms with Crippen molar-refractivity contribution in [1.82, 2.24) is 20.6 Å². The normalized spacial score (nSPS) is 14.9. The number of hydrogen-bond acceptors (Lipinski definition) is 6. The lowest BCUT2D eigenvalue weighted by atomic mass is 10.1. The highest BCUT2D eigenvalue weighted by Crippen LogP contribution is 2.30. The van der Waals surface area contributed by atoms with Crippen molar-refractivity contribution in [1.29, 1.82) is 0 Å². The Hall–Kier alpha value is -3.75. The van der Waals surface area contributed by atoms with Crippen LogP contribution in [-0.4, -0.2) is 40.0 Å². The van der Waals surface area contributed by atoms with Crippen LogP contribution in [0.5, 0.6) is 5.75 Å². The molecule has 3 heterocycles. The van der Waals surface area contributed by atoms with Crippen LogP contribution in [0.4, 0.5) is 10.2 Å². The van der Waals surface area contributed by atoms with Gasteiger partial charge in [-0.25, -0.2) is 9.37 Å². The lowest BCUT2D eigenvalue weighted by Gasteiger charge is -2.15. The van der Waals surface area contributed by atoms with Gasteiger partial charge in [0.15, 0.2) is 11.4 Å². The Morgan fingerprint density at radius 1 is 1.03 bits per heavy atom.